The molecule has 2 fully saturated rings. The largest absolute Gasteiger partial charge is 0.448 e. The third-order valence-electron chi connectivity index (χ3n) is 7.34. The van der Waals surface area contributed by atoms with E-state index in [1.54, 1.807) is 11.1 Å². The highest BCUT2D eigenvalue weighted by Crippen LogP contribution is 2.45. The zero-order chi connectivity index (χ0) is 22.6. The molecule has 1 aromatic heterocycles. The fraction of sp³-hybridized carbons (Fsp3) is 0.385. The summed E-state index contributed by atoms with van der Waals surface area (Å²) in [7, 11) is 1.88. The second kappa shape index (κ2) is 7.71. The lowest BCUT2D eigenvalue weighted by atomic mass is 9.80. The standard InChI is InChI=1S/C26H27N3O4/c1-28-11-10-27-24(28)26(31)12-17-14-32-15-18(13-26)29(17)25(30)33-16-23-21-8-4-2-6-19(21)20-7-3-5-9-22(20)23/h2-11,17-18,23,31H,12-16H2,1H3. The third kappa shape index (κ3) is 3.26. The van der Waals surface area contributed by atoms with E-state index in [4.69, 9.17) is 9.47 Å². The predicted molar refractivity (Wildman–Crippen MR) is 122 cm³/mol. The van der Waals surface area contributed by atoms with Gasteiger partial charge in [0, 0.05) is 38.2 Å². The summed E-state index contributed by atoms with van der Waals surface area (Å²) < 4.78 is 13.5. The Bertz CT molecular complexity index is 1150. The molecule has 2 aromatic carbocycles. The highest BCUT2D eigenvalue weighted by Gasteiger charge is 2.51. The van der Waals surface area contributed by atoms with Gasteiger partial charge in [-0.2, -0.15) is 0 Å². The van der Waals surface area contributed by atoms with Crippen molar-refractivity contribution in [1.82, 2.24) is 14.5 Å². The van der Waals surface area contributed by atoms with Crippen molar-refractivity contribution in [1.29, 1.82) is 0 Å². The number of hydrogen-bond acceptors (Lipinski definition) is 5. The van der Waals surface area contributed by atoms with Crippen molar-refractivity contribution < 1.29 is 19.4 Å². The minimum absolute atomic E-state index is 0.0201. The zero-order valence-electron chi connectivity index (χ0n) is 18.6. The number of amides is 1. The summed E-state index contributed by atoms with van der Waals surface area (Å²) in [5.41, 5.74) is 3.71. The molecule has 2 bridgehead atoms. The summed E-state index contributed by atoms with van der Waals surface area (Å²) in [6.07, 6.45) is 3.93. The van der Waals surface area contributed by atoms with Crippen LogP contribution in [-0.2, 0) is 22.1 Å². The number of aromatic nitrogens is 2. The number of piperidine rings is 1. The molecule has 3 aromatic rings. The maximum absolute atomic E-state index is 13.3. The van der Waals surface area contributed by atoms with E-state index in [-0.39, 0.29) is 30.7 Å². The Morgan fingerprint density at radius 1 is 1.09 bits per heavy atom. The highest BCUT2D eigenvalue weighted by atomic mass is 16.6. The molecule has 6 rings (SSSR count). The molecule has 0 radical (unpaired) electrons. The van der Waals surface area contributed by atoms with Gasteiger partial charge in [0.05, 0.1) is 25.3 Å². The first-order valence-electron chi connectivity index (χ1n) is 11.5. The van der Waals surface area contributed by atoms with Crippen molar-refractivity contribution in [2.24, 2.45) is 7.05 Å². The van der Waals surface area contributed by atoms with Gasteiger partial charge in [-0.1, -0.05) is 48.5 Å². The minimum atomic E-state index is -1.09. The Morgan fingerprint density at radius 2 is 1.70 bits per heavy atom. The molecule has 0 saturated carbocycles. The Kier molecular flexibility index (Phi) is 4.78. The number of carbonyl (C=O) groups is 1. The number of carbonyl (C=O) groups excluding carboxylic acids is 1. The van der Waals surface area contributed by atoms with Crippen LogP contribution in [0.15, 0.2) is 60.9 Å². The fourth-order valence-electron chi connectivity index (χ4n) is 5.94. The maximum atomic E-state index is 13.3. The summed E-state index contributed by atoms with van der Waals surface area (Å²) in [6, 6.07) is 16.1. The molecular weight excluding hydrogens is 418 g/mol. The Balaban J connectivity index is 1.21. The number of aliphatic hydroxyl groups is 1. The van der Waals surface area contributed by atoms with Gasteiger partial charge in [0.25, 0.3) is 0 Å². The van der Waals surface area contributed by atoms with E-state index in [0.29, 0.717) is 31.9 Å². The number of benzene rings is 2. The summed E-state index contributed by atoms with van der Waals surface area (Å²) in [6.45, 7) is 1.05. The summed E-state index contributed by atoms with van der Waals surface area (Å²) in [5.74, 6) is 0.651. The van der Waals surface area contributed by atoms with Gasteiger partial charge in [0.2, 0.25) is 0 Å². The van der Waals surface area contributed by atoms with Gasteiger partial charge in [-0.15, -0.1) is 0 Å². The van der Waals surface area contributed by atoms with Crippen molar-refractivity contribution in [3.8, 4) is 11.1 Å². The lowest BCUT2D eigenvalue weighted by Gasteiger charge is -2.50. The Labute approximate surface area is 192 Å². The second-order valence-electron chi connectivity index (χ2n) is 9.36. The van der Waals surface area contributed by atoms with Gasteiger partial charge in [0.15, 0.2) is 0 Å². The van der Waals surface area contributed by atoms with Gasteiger partial charge in [-0.3, -0.25) is 4.90 Å². The van der Waals surface area contributed by atoms with Crippen LogP contribution in [0.3, 0.4) is 0 Å². The summed E-state index contributed by atoms with van der Waals surface area (Å²) in [5, 5.41) is 11.4. The molecule has 2 saturated heterocycles. The van der Waals surface area contributed by atoms with Crippen LogP contribution in [0.1, 0.15) is 35.7 Å². The molecule has 7 nitrogen and oxygen atoms in total. The number of hydrogen-bond donors (Lipinski definition) is 1. The Hall–Kier alpha value is -3.16. The molecule has 3 aliphatic rings. The van der Waals surface area contributed by atoms with Crippen LogP contribution in [0.5, 0.6) is 0 Å². The molecule has 7 heteroatoms. The van der Waals surface area contributed by atoms with Crippen molar-refractivity contribution in [2.45, 2.75) is 36.4 Å². The average Bonchev–Trinajstić information content (AvgIpc) is 3.39. The second-order valence-corrected chi connectivity index (χ2v) is 9.36. The van der Waals surface area contributed by atoms with Gasteiger partial charge in [-0.05, 0) is 22.3 Å². The number of imidazole rings is 1. The molecule has 0 spiro atoms. The lowest BCUT2D eigenvalue weighted by Crippen LogP contribution is -2.63. The molecule has 2 atom stereocenters. The van der Waals surface area contributed by atoms with Crippen LogP contribution in [0.25, 0.3) is 11.1 Å². The van der Waals surface area contributed by atoms with Crippen molar-refractivity contribution >= 4 is 6.09 Å². The molecule has 1 amide bonds. The van der Waals surface area contributed by atoms with Crippen molar-refractivity contribution in [2.75, 3.05) is 19.8 Å². The predicted octanol–water partition coefficient (Wildman–Crippen LogP) is 3.42. The topological polar surface area (TPSA) is 76.8 Å². The molecule has 170 valence electrons. The molecule has 1 aliphatic carbocycles. The van der Waals surface area contributed by atoms with Gasteiger partial charge in [0.1, 0.15) is 18.0 Å². The van der Waals surface area contributed by atoms with E-state index >= 15 is 0 Å². The molecule has 1 N–H and O–H groups in total. The first-order chi connectivity index (χ1) is 16.0. The maximum Gasteiger partial charge on any atom is 0.410 e. The number of morpholine rings is 1. The number of ether oxygens (including phenoxy) is 2. The van der Waals surface area contributed by atoms with Crippen molar-refractivity contribution in [3.63, 3.8) is 0 Å². The molecule has 2 unspecified atom stereocenters. The number of rotatable bonds is 3. The molecule has 33 heavy (non-hydrogen) atoms. The smallest absolute Gasteiger partial charge is 0.410 e. The summed E-state index contributed by atoms with van der Waals surface area (Å²) >= 11 is 0. The number of fused-ring (bicyclic) bond motifs is 5. The van der Waals surface area contributed by atoms with Crippen LogP contribution in [0, 0.1) is 0 Å². The number of nitrogens with zero attached hydrogens (tertiary/aromatic N) is 3. The van der Waals surface area contributed by atoms with Crippen molar-refractivity contribution in [3.05, 3.63) is 77.9 Å². The fourth-order valence-corrected chi connectivity index (χ4v) is 5.94. The Morgan fingerprint density at radius 3 is 2.27 bits per heavy atom. The monoisotopic (exact) mass is 445 g/mol. The molecular formula is C26H27N3O4. The van der Waals surface area contributed by atoms with Crippen LogP contribution in [0.2, 0.25) is 0 Å². The average molecular weight is 446 g/mol. The molecule has 3 heterocycles. The minimum Gasteiger partial charge on any atom is -0.448 e. The van der Waals surface area contributed by atoms with E-state index in [0.717, 1.165) is 0 Å². The highest BCUT2D eigenvalue weighted by molar-refractivity contribution is 5.79. The van der Waals surface area contributed by atoms with Crippen LogP contribution < -0.4 is 0 Å². The third-order valence-corrected chi connectivity index (χ3v) is 7.34. The van der Waals surface area contributed by atoms with Gasteiger partial charge >= 0.3 is 6.09 Å². The van der Waals surface area contributed by atoms with Crippen LogP contribution >= 0.6 is 0 Å². The first kappa shape index (κ1) is 20.4. The van der Waals surface area contributed by atoms with Crippen LogP contribution in [0.4, 0.5) is 4.79 Å². The SMILES string of the molecule is Cn1ccnc1C1(O)CC2COCC(C1)N2C(=O)OCC1c2ccccc2-c2ccccc21. The van der Waals surface area contributed by atoms with Crippen LogP contribution in [-0.4, -0.2) is 57.6 Å². The number of aryl methyl sites for hydroxylation is 1. The normalized spacial score (nSPS) is 26.1. The zero-order valence-corrected chi connectivity index (χ0v) is 18.6. The summed E-state index contributed by atoms with van der Waals surface area (Å²) in [4.78, 5) is 19.5. The molecule has 2 aliphatic heterocycles. The first-order valence-corrected chi connectivity index (χ1v) is 11.5. The van der Waals surface area contributed by atoms with E-state index in [1.807, 2.05) is 42.1 Å². The van der Waals surface area contributed by atoms with E-state index in [2.05, 4.69) is 29.2 Å². The lowest BCUT2D eigenvalue weighted by molar-refractivity contribution is -0.140. The van der Waals surface area contributed by atoms with E-state index in [1.165, 1.54) is 22.3 Å². The van der Waals surface area contributed by atoms with E-state index < -0.39 is 5.60 Å². The van der Waals surface area contributed by atoms with E-state index in [9.17, 15) is 9.90 Å². The quantitative estimate of drug-likeness (QED) is 0.669. The van der Waals surface area contributed by atoms with Gasteiger partial charge < -0.3 is 19.1 Å². The van der Waals surface area contributed by atoms with Gasteiger partial charge in [-0.25, -0.2) is 9.78 Å².